The molecule has 0 aliphatic heterocycles. The summed E-state index contributed by atoms with van der Waals surface area (Å²) in [6.45, 7) is 3.11. The molecule has 0 amide bonds. The first-order valence-electron chi connectivity index (χ1n) is 5.88. The Morgan fingerprint density at radius 3 is 2.76 bits per heavy atom. The highest BCUT2D eigenvalue weighted by Crippen LogP contribution is 2.16. The lowest BCUT2D eigenvalue weighted by molar-refractivity contribution is 0.632. The fraction of sp³-hybridized carbons (Fsp3) is 0.308. The van der Waals surface area contributed by atoms with Crippen LogP contribution in [-0.4, -0.2) is 9.55 Å². The summed E-state index contributed by atoms with van der Waals surface area (Å²) in [5.74, 6) is 0.669. The maximum Gasteiger partial charge on any atom is 0.249 e. The second-order valence-electron chi connectivity index (χ2n) is 3.81. The quantitative estimate of drug-likeness (QED) is 0.710. The van der Waals surface area contributed by atoms with Gasteiger partial charge in [-0.25, -0.2) is 4.98 Å². The molecule has 1 aromatic heterocycles. The number of azo groups is 1. The number of imidazole rings is 1. The average Bonchev–Trinajstić information content (AvgIpc) is 2.82. The zero-order chi connectivity index (χ0) is 11.9. The van der Waals surface area contributed by atoms with Crippen LogP contribution in [0.15, 0.2) is 53.0 Å². The molecule has 4 heteroatoms. The Morgan fingerprint density at radius 1 is 1.18 bits per heavy atom. The summed E-state index contributed by atoms with van der Waals surface area (Å²) in [4.78, 5) is 4.19. The molecule has 0 aliphatic rings. The predicted molar refractivity (Wildman–Crippen MR) is 67.8 cm³/mol. The van der Waals surface area contributed by atoms with Crippen LogP contribution in [-0.2, 0) is 6.54 Å². The Bertz CT molecular complexity index is 473. The normalized spacial score (nSPS) is 11.1. The van der Waals surface area contributed by atoms with Crippen LogP contribution in [0.25, 0.3) is 0 Å². The second-order valence-corrected chi connectivity index (χ2v) is 3.81. The SMILES string of the molecule is CCCCn1ccnc1N=Nc1ccccc1. The van der Waals surface area contributed by atoms with Gasteiger partial charge in [-0.1, -0.05) is 31.5 Å². The van der Waals surface area contributed by atoms with Gasteiger partial charge in [0, 0.05) is 18.9 Å². The Hall–Kier alpha value is -1.97. The van der Waals surface area contributed by atoms with Gasteiger partial charge >= 0.3 is 0 Å². The molecule has 88 valence electrons. The number of hydrogen-bond donors (Lipinski definition) is 0. The summed E-state index contributed by atoms with van der Waals surface area (Å²) >= 11 is 0. The summed E-state index contributed by atoms with van der Waals surface area (Å²) in [5.41, 5.74) is 0.845. The van der Waals surface area contributed by atoms with Gasteiger partial charge in [-0.05, 0) is 18.6 Å². The minimum Gasteiger partial charge on any atom is -0.314 e. The molecule has 0 aliphatic carbocycles. The smallest absolute Gasteiger partial charge is 0.249 e. The average molecular weight is 228 g/mol. The van der Waals surface area contributed by atoms with Gasteiger partial charge in [0.25, 0.3) is 0 Å². The Morgan fingerprint density at radius 2 is 2.00 bits per heavy atom. The predicted octanol–water partition coefficient (Wildman–Crippen LogP) is 4.10. The molecule has 1 aromatic carbocycles. The van der Waals surface area contributed by atoms with E-state index in [1.165, 1.54) is 0 Å². The van der Waals surface area contributed by atoms with Gasteiger partial charge in [-0.2, -0.15) is 0 Å². The minimum atomic E-state index is 0.669. The van der Waals surface area contributed by atoms with Crippen LogP contribution < -0.4 is 0 Å². The number of rotatable bonds is 5. The molecule has 4 nitrogen and oxygen atoms in total. The third-order valence-electron chi connectivity index (χ3n) is 2.46. The monoisotopic (exact) mass is 228 g/mol. The van der Waals surface area contributed by atoms with E-state index in [0.29, 0.717) is 5.95 Å². The topological polar surface area (TPSA) is 42.5 Å². The maximum absolute atomic E-state index is 4.19. The van der Waals surface area contributed by atoms with Gasteiger partial charge in [0.05, 0.1) is 5.69 Å². The van der Waals surface area contributed by atoms with Crippen molar-refractivity contribution in [2.24, 2.45) is 10.2 Å². The van der Waals surface area contributed by atoms with E-state index in [1.807, 2.05) is 41.1 Å². The number of unbranched alkanes of at least 4 members (excludes halogenated alkanes) is 1. The molecule has 0 radical (unpaired) electrons. The van der Waals surface area contributed by atoms with Crippen molar-refractivity contribution in [2.45, 2.75) is 26.3 Å². The molecule has 0 unspecified atom stereocenters. The van der Waals surface area contributed by atoms with Crippen LogP contribution in [0.1, 0.15) is 19.8 Å². The lowest BCUT2D eigenvalue weighted by atomic mass is 10.3. The summed E-state index contributed by atoms with van der Waals surface area (Å²) in [5, 5.41) is 8.33. The largest absolute Gasteiger partial charge is 0.314 e. The summed E-state index contributed by atoms with van der Waals surface area (Å²) < 4.78 is 2.02. The molecular weight excluding hydrogens is 212 g/mol. The summed E-state index contributed by atoms with van der Waals surface area (Å²) in [7, 11) is 0. The standard InChI is InChI=1S/C13H16N4/c1-2-3-10-17-11-9-14-13(17)16-15-12-7-5-4-6-8-12/h4-9,11H,2-3,10H2,1H3. The highest BCUT2D eigenvalue weighted by Gasteiger charge is 1.99. The fourth-order valence-corrected chi connectivity index (χ4v) is 1.50. The maximum atomic E-state index is 4.19. The molecular formula is C13H16N4. The second kappa shape index (κ2) is 5.94. The lowest BCUT2D eigenvalue weighted by Gasteiger charge is -2.01. The molecule has 2 aromatic rings. The van der Waals surface area contributed by atoms with Crippen molar-refractivity contribution in [3.8, 4) is 0 Å². The lowest BCUT2D eigenvalue weighted by Crippen LogP contribution is -1.94. The Kier molecular flexibility index (Phi) is 4.02. The van der Waals surface area contributed by atoms with E-state index in [1.54, 1.807) is 6.20 Å². The molecule has 17 heavy (non-hydrogen) atoms. The van der Waals surface area contributed by atoms with E-state index >= 15 is 0 Å². The number of aryl methyl sites for hydroxylation is 1. The van der Waals surface area contributed by atoms with E-state index in [-0.39, 0.29) is 0 Å². The summed E-state index contributed by atoms with van der Waals surface area (Å²) in [6, 6.07) is 9.68. The van der Waals surface area contributed by atoms with Gasteiger partial charge in [-0.3, -0.25) is 0 Å². The molecule has 0 atom stereocenters. The van der Waals surface area contributed by atoms with Crippen LogP contribution in [0.3, 0.4) is 0 Å². The molecule has 2 rings (SSSR count). The van der Waals surface area contributed by atoms with Crippen molar-refractivity contribution in [1.82, 2.24) is 9.55 Å². The molecule has 0 fully saturated rings. The highest BCUT2D eigenvalue weighted by molar-refractivity contribution is 5.35. The first-order chi connectivity index (χ1) is 8.40. The van der Waals surface area contributed by atoms with Crippen LogP contribution in [0.5, 0.6) is 0 Å². The van der Waals surface area contributed by atoms with Crippen LogP contribution in [0, 0.1) is 0 Å². The Labute approximate surface area is 101 Å². The minimum absolute atomic E-state index is 0.669. The van der Waals surface area contributed by atoms with Gasteiger partial charge in [0.1, 0.15) is 0 Å². The third kappa shape index (κ3) is 3.24. The highest BCUT2D eigenvalue weighted by atomic mass is 15.3. The number of benzene rings is 1. The Balaban J connectivity index is 2.08. The molecule has 0 saturated carbocycles. The van der Waals surface area contributed by atoms with Crippen molar-refractivity contribution in [2.75, 3.05) is 0 Å². The molecule has 0 bridgehead atoms. The first-order valence-corrected chi connectivity index (χ1v) is 5.88. The zero-order valence-electron chi connectivity index (χ0n) is 9.95. The van der Waals surface area contributed by atoms with Crippen LogP contribution in [0.4, 0.5) is 11.6 Å². The molecule has 1 heterocycles. The van der Waals surface area contributed by atoms with Crippen molar-refractivity contribution in [3.05, 3.63) is 42.7 Å². The van der Waals surface area contributed by atoms with Crippen molar-refractivity contribution >= 4 is 11.6 Å². The van der Waals surface area contributed by atoms with Crippen molar-refractivity contribution in [3.63, 3.8) is 0 Å². The van der Waals surface area contributed by atoms with E-state index in [9.17, 15) is 0 Å². The van der Waals surface area contributed by atoms with Crippen LogP contribution in [0.2, 0.25) is 0 Å². The van der Waals surface area contributed by atoms with Gasteiger partial charge in [0.15, 0.2) is 0 Å². The third-order valence-corrected chi connectivity index (χ3v) is 2.46. The first kappa shape index (κ1) is 11.5. The van der Waals surface area contributed by atoms with Gasteiger partial charge in [0.2, 0.25) is 5.95 Å². The van der Waals surface area contributed by atoms with Crippen LogP contribution >= 0.6 is 0 Å². The number of hydrogen-bond acceptors (Lipinski definition) is 3. The molecule has 0 spiro atoms. The molecule has 0 saturated heterocycles. The van der Waals surface area contributed by atoms with Crippen molar-refractivity contribution < 1.29 is 0 Å². The van der Waals surface area contributed by atoms with E-state index in [4.69, 9.17) is 0 Å². The molecule has 0 N–H and O–H groups in total. The fourth-order valence-electron chi connectivity index (χ4n) is 1.50. The van der Waals surface area contributed by atoms with E-state index in [2.05, 4.69) is 22.1 Å². The van der Waals surface area contributed by atoms with Gasteiger partial charge in [-0.15, -0.1) is 10.2 Å². The number of nitrogens with zero attached hydrogens (tertiary/aromatic N) is 4. The number of aromatic nitrogens is 2. The van der Waals surface area contributed by atoms with E-state index < -0.39 is 0 Å². The van der Waals surface area contributed by atoms with Gasteiger partial charge < -0.3 is 4.57 Å². The van der Waals surface area contributed by atoms with Crippen molar-refractivity contribution in [1.29, 1.82) is 0 Å². The zero-order valence-corrected chi connectivity index (χ0v) is 9.95. The summed E-state index contributed by atoms with van der Waals surface area (Å²) in [6.07, 6.45) is 5.99. The van der Waals surface area contributed by atoms with E-state index in [0.717, 1.165) is 25.1 Å².